The quantitative estimate of drug-likeness (QED) is 0.471. The first kappa shape index (κ1) is 19.6. The minimum atomic E-state index is -0.476. The molecule has 0 unspecified atom stereocenters. The second kappa shape index (κ2) is 6.95. The Morgan fingerprint density at radius 2 is 2.17 bits per heavy atom. The summed E-state index contributed by atoms with van der Waals surface area (Å²) in [5.74, 6) is 0.725. The number of nitro benzene ring substituents is 1. The van der Waals surface area contributed by atoms with Gasteiger partial charge in [-0.3, -0.25) is 14.9 Å². The van der Waals surface area contributed by atoms with Crippen molar-refractivity contribution in [3.05, 3.63) is 39.4 Å². The molecule has 1 amide bonds. The van der Waals surface area contributed by atoms with E-state index in [1.54, 1.807) is 0 Å². The summed E-state index contributed by atoms with van der Waals surface area (Å²) in [5.41, 5.74) is 4.85. The van der Waals surface area contributed by atoms with Gasteiger partial charge in [0.1, 0.15) is 5.75 Å². The van der Waals surface area contributed by atoms with Gasteiger partial charge in [0.2, 0.25) is 0 Å². The lowest BCUT2D eigenvalue weighted by molar-refractivity contribution is -0.385. The van der Waals surface area contributed by atoms with Crippen LogP contribution in [0.3, 0.4) is 0 Å². The van der Waals surface area contributed by atoms with E-state index in [4.69, 9.17) is 9.47 Å². The van der Waals surface area contributed by atoms with E-state index in [9.17, 15) is 14.9 Å². The topological polar surface area (TPSA) is 103 Å². The maximum atomic E-state index is 12.3. The number of rotatable bonds is 4. The van der Waals surface area contributed by atoms with Crippen LogP contribution in [0.2, 0.25) is 0 Å². The molecule has 3 aliphatic rings. The molecule has 2 fully saturated rings. The van der Waals surface area contributed by atoms with Crippen molar-refractivity contribution in [1.29, 1.82) is 0 Å². The number of ether oxygens (including phenoxy) is 2. The molecule has 1 aliphatic heterocycles. The zero-order valence-electron chi connectivity index (χ0n) is 16.9. The number of hydrazone groups is 1. The van der Waals surface area contributed by atoms with Crippen molar-refractivity contribution >= 4 is 23.4 Å². The Kier molecular flexibility index (Phi) is 4.69. The van der Waals surface area contributed by atoms with Gasteiger partial charge in [0, 0.05) is 40.5 Å². The smallest absolute Gasteiger partial charge is 0.270 e. The fourth-order valence-corrected chi connectivity index (χ4v) is 4.88. The molecule has 0 saturated heterocycles. The predicted molar refractivity (Wildman–Crippen MR) is 107 cm³/mol. The summed E-state index contributed by atoms with van der Waals surface area (Å²) in [7, 11) is 0. The molecule has 1 aromatic rings. The minimum absolute atomic E-state index is 0.0155. The van der Waals surface area contributed by atoms with Crippen LogP contribution in [0.25, 0.3) is 6.08 Å². The number of hydrogen-bond donors (Lipinski definition) is 1. The van der Waals surface area contributed by atoms with Crippen molar-refractivity contribution in [3.63, 3.8) is 0 Å². The molecule has 2 atom stereocenters. The largest absolute Gasteiger partial charge is 0.467 e. The molecule has 0 radical (unpaired) electrons. The van der Waals surface area contributed by atoms with E-state index in [1.165, 1.54) is 30.7 Å². The van der Waals surface area contributed by atoms with Crippen molar-refractivity contribution in [2.24, 2.45) is 21.8 Å². The average molecular weight is 399 g/mol. The Morgan fingerprint density at radius 3 is 2.83 bits per heavy atom. The summed E-state index contributed by atoms with van der Waals surface area (Å²) in [6.45, 7) is 7.10. The Labute approximate surface area is 169 Å². The highest BCUT2D eigenvalue weighted by Crippen LogP contribution is 2.63. The zero-order chi connectivity index (χ0) is 20.8. The lowest BCUT2D eigenvalue weighted by Crippen LogP contribution is -2.34. The van der Waals surface area contributed by atoms with E-state index >= 15 is 0 Å². The third-order valence-electron chi connectivity index (χ3n) is 7.16. The molecule has 1 aromatic carbocycles. The Morgan fingerprint density at radius 1 is 1.38 bits per heavy atom. The number of fused-ring (bicyclic) bond motifs is 3. The van der Waals surface area contributed by atoms with Crippen molar-refractivity contribution < 1.29 is 19.2 Å². The molecular formula is C21H25N3O5. The van der Waals surface area contributed by atoms with Crippen molar-refractivity contribution in [3.8, 4) is 5.75 Å². The predicted octanol–water partition coefficient (Wildman–Crippen LogP) is 3.79. The molecule has 1 N–H and O–H groups in total. The van der Waals surface area contributed by atoms with Crippen LogP contribution in [-0.2, 0) is 16.1 Å². The second-order valence-corrected chi connectivity index (χ2v) is 8.75. The van der Waals surface area contributed by atoms with E-state index in [2.05, 4.69) is 31.3 Å². The van der Waals surface area contributed by atoms with E-state index in [-0.39, 0.29) is 35.8 Å². The first-order valence-corrected chi connectivity index (χ1v) is 9.79. The summed E-state index contributed by atoms with van der Waals surface area (Å²) in [4.78, 5) is 23.0. The third-order valence-corrected chi connectivity index (χ3v) is 7.16. The standard InChI is InChI=1S/C21H25N3O5/c1-20(2)15-6-7-21(20,3)17(10-15)22-23-18(25)5-4-13-8-16(24(26)27)9-14-11-28-12-29-19(13)14/h4-5,8-9,15H,6-7,10-12H2,1-3H3,(H,23,25)/b5-4+,22-17+/t15-,21+/m0/s1. The molecule has 2 bridgehead atoms. The number of carbonyl (C=O) groups excluding carboxylic acids is 1. The molecule has 2 aliphatic carbocycles. The highest BCUT2D eigenvalue weighted by molar-refractivity contribution is 5.97. The Hall–Kier alpha value is -2.74. The van der Waals surface area contributed by atoms with Crippen molar-refractivity contribution in [1.82, 2.24) is 5.43 Å². The Balaban J connectivity index is 1.51. The number of non-ortho nitro benzene ring substituents is 1. The summed E-state index contributed by atoms with van der Waals surface area (Å²) in [5, 5.41) is 15.6. The fourth-order valence-electron chi connectivity index (χ4n) is 4.88. The normalized spacial score (nSPS) is 28.4. The lowest BCUT2D eigenvalue weighted by Gasteiger charge is -2.34. The van der Waals surface area contributed by atoms with Gasteiger partial charge in [-0.2, -0.15) is 5.10 Å². The van der Waals surface area contributed by atoms with Crippen LogP contribution in [0.5, 0.6) is 5.75 Å². The Bertz CT molecular complexity index is 936. The lowest BCUT2D eigenvalue weighted by atomic mass is 9.70. The van der Waals surface area contributed by atoms with Gasteiger partial charge in [-0.1, -0.05) is 20.8 Å². The van der Waals surface area contributed by atoms with E-state index < -0.39 is 4.92 Å². The molecular weight excluding hydrogens is 374 g/mol. The van der Waals surface area contributed by atoms with E-state index in [0.717, 1.165) is 18.6 Å². The van der Waals surface area contributed by atoms with Gasteiger partial charge >= 0.3 is 0 Å². The summed E-state index contributed by atoms with van der Waals surface area (Å²) in [6.07, 6.45) is 6.05. The van der Waals surface area contributed by atoms with Crippen LogP contribution < -0.4 is 10.2 Å². The van der Waals surface area contributed by atoms with Crippen LogP contribution in [0.15, 0.2) is 23.3 Å². The monoisotopic (exact) mass is 399 g/mol. The average Bonchev–Trinajstić information content (AvgIpc) is 3.03. The van der Waals surface area contributed by atoms with Gasteiger partial charge in [-0.25, -0.2) is 5.43 Å². The number of carbonyl (C=O) groups is 1. The number of nitro groups is 1. The van der Waals surface area contributed by atoms with Crippen LogP contribution in [0, 0.1) is 26.9 Å². The number of hydrogen-bond acceptors (Lipinski definition) is 6. The summed E-state index contributed by atoms with van der Waals surface area (Å²) < 4.78 is 10.7. The van der Waals surface area contributed by atoms with Gasteiger partial charge in [0.25, 0.3) is 11.6 Å². The number of nitrogens with one attached hydrogen (secondary N) is 1. The molecule has 1 heterocycles. The zero-order valence-corrected chi connectivity index (χ0v) is 16.9. The second-order valence-electron chi connectivity index (χ2n) is 8.75. The highest BCUT2D eigenvalue weighted by atomic mass is 16.7. The van der Waals surface area contributed by atoms with Gasteiger partial charge < -0.3 is 9.47 Å². The van der Waals surface area contributed by atoms with Gasteiger partial charge in [-0.05, 0) is 36.7 Å². The fraction of sp³-hybridized carbons (Fsp3) is 0.524. The summed E-state index contributed by atoms with van der Waals surface area (Å²) in [6, 6.07) is 2.81. The van der Waals surface area contributed by atoms with Crippen LogP contribution >= 0.6 is 0 Å². The molecule has 0 aromatic heterocycles. The molecule has 8 heteroatoms. The number of nitrogens with zero attached hydrogens (tertiary/aromatic N) is 2. The van der Waals surface area contributed by atoms with E-state index in [1.807, 2.05) is 0 Å². The number of benzene rings is 1. The van der Waals surface area contributed by atoms with Gasteiger partial charge in [0.05, 0.1) is 11.5 Å². The first-order chi connectivity index (χ1) is 13.7. The van der Waals surface area contributed by atoms with Crippen LogP contribution in [0.4, 0.5) is 5.69 Å². The maximum Gasteiger partial charge on any atom is 0.270 e. The third kappa shape index (κ3) is 3.21. The molecule has 4 rings (SSSR count). The SMILES string of the molecule is CC1(C)[C@H]2CC[C@]1(C)/C(=N/NC(=O)/C=C/c1cc([N+](=O)[O-])cc3c1OCOC3)C2. The summed E-state index contributed by atoms with van der Waals surface area (Å²) >= 11 is 0. The number of amides is 1. The van der Waals surface area contributed by atoms with Crippen molar-refractivity contribution in [2.45, 2.75) is 46.6 Å². The molecule has 29 heavy (non-hydrogen) atoms. The van der Waals surface area contributed by atoms with Gasteiger partial charge in [0.15, 0.2) is 6.79 Å². The molecule has 8 nitrogen and oxygen atoms in total. The van der Waals surface area contributed by atoms with Crippen molar-refractivity contribution in [2.75, 3.05) is 6.79 Å². The molecule has 0 spiro atoms. The van der Waals surface area contributed by atoms with E-state index in [0.29, 0.717) is 22.8 Å². The minimum Gasteiger partial charge on any atom is -0.467 e. The molecule has 154 valence electrons. The molecule has 2 saturated carbocycles. The van der Waals surface area contributed by atoms with Crippen LogP contribution in [0.1, 0.15) is 51.2 Å². The first-order valence-electron chi connectivity index (χ1n) is 9.79. The maximum absolute atomic E-state index is 12.3. The van der Waals surface area contributed by atoms with Gasteiger partial charge in [-0.15, -0.1) is 0 Å². The highest BCUT2D eigenvalue weighted by Gasteiger charge is 2.60. The van der Waals surface area contributed by atoms with Crippen LogP contribution in [-0.4, -0.2) is 23.3 Å².